The normalized spacial score (nSPS) is 10.3. The molecule has 0 aliphatic heterocycles. The maximum Gasteiger partial charge on any atom is 0.254 e. The Labute approximate surface area is 123 Å². The Morgan fingerprint density at radius 3 is 2.80 bits per heavy atom. The first-order chi connectivity index (χ1) is 9.61. The summed E-state index contributed by atoms with van der Waals surface area (Å²) in [4.78, 5) is 16.4. The molecular formula is C16H18N2OS. The highest BCUT2D eigenvalue weighted by Gasteiger charge is 2.11. The van der Waals surface area contributed by atoms with Gasteiger partial charge >= 0.3 is 0 Å². The first kappa shape index (κ1) is 14.6. The van der Waals surface area contributed by atoms with E-state index >= 15 is 0 Å². The summed E-state index contributed by atoms with van der Waals surface area (Å²) in [5.74, 6) is -0.0811. The number of aryl methyl sites for hydroxylation is 2. The number of aromatic nitrogens is 1. The van der Waals surface area contributed by atoms with Gasteiger partial charge < -0.3 is 5.32 Å². The quantitative estimate of drug-likeness (QED) is 0.876. The number of hydrogen-bond donors (Lipinski definition) is 1. The Hall–Kier alpha value is -1.81. The summed E-state index contributed by atoms with van der Waals surface area (Å²) in [5.41, 5.74) is 4.19. The molecule has 1 N–H and O–H groups in total. The van der Waals surface area contributed by atoms with E-state index in [1.807, 2.05) is 6.26 Å². The molecule has 0 aliphatic carbocycles. The lowest BCUT2D eigenvalue weighted by molar-refractivity contribution is 0.0947. The monoisotopic (exact) mass is 286 g/mol. The van der Waals surface area contributed by atoms with Crippen LogP contribution in [0.4, 0.5) is 0 Å². The highest BCUT2D eigenvalue weighted by molar-refractivity contribution is 7.98. The van der Waals surface area contributed by atoms with Crippen LogP contribution in [0.1, 0.15) is 27.0 Å². The molecular weight excluding hydrogens is 268 g/mol. The number of nitrogens with one attached hydrogen (secondary N) is 1. The third kappa shape index (κ3) is 3.39. The fourth-order valence-electron chi connectivity index (χ4n) is 2.04. The Bertz CT molecular complexity index is 626. The molecule has 0 aliphatic rings. The summed E-state index contributed by atoms with van der Waals surface area (Å²) in [6.07, 6.45) is 3.62. The van der Waals surface area contributed by atoms with Crippen molar-refractivity contribution in [3.8, 4) is 0 Å². The molecule has 0 spiro atoms. The maximum absolute atomic E-state index is 12.2. The highest BCUT2D eigenvalue weighted by Crippen LogP contribution is 2.17. The van der Waals surface area contributed by atoms with Crippen LogP contribution in [0.3, 0.4) is 0 Å². The molecule has 0 fully saturated rings. The maximum atomic E-state index is 12.2. The molecule has 0 saturated carbocycles. The summed E-state index contributed by atoms with van der Waals surface area (Å²) in [6, 6.07) is 9.83. The fraction of sp³-hybridized carbons (Fsp3) is 0.250. The van der Waals surface area contributed by atoms with E-state index in [4.69, 9.17) is 0 Å². The van der Waals surface area contributed by atoms with Crippen LogP contribution in [0.2, 0.25) is 0 Å². The summed E-state index contributed by atoms with van der Waals surface area (Å²) in [7, 11) is 0. The number of hydrogen-bond acceptors (Lipinski definition) is 3. The van der Waals surface area contributed by atoms with Crippen molar-refractivity contribution in [3.63, 3.8) is 0 Å². The van der Waals surface area contributed by atoms with E-state index in [9.17, 15) is 4.79 Å². The second-order valence-electron chi connectivity index (χ2n) is 4.67. The predicted octanol–water partition coefficient (Wildman–Crippen LogP) is 3.35. The van der Waals surface area contributed by atoms with Crippen LogP contribution in [0.25, 0.3) is 0 Å². The van der Waals surface area contributed by atoms with Gasteiger partial charge in [-0.05, 0) is 43.4 Å². The van der Waals surface area contributed by atoms with E-state index in [0.29, 0.717) is 12.1 Å². The molecule has 1 aromatic carbocycles. The Kier molecular flexibility index (Phi) is 4.79. The van der Waals surface area contributed by atoms with E-state index in [-0.39, 0.29) is 5.91 Å². The van der Waals surface area contributed by atoms with Crippen molar-refractivity contribution < 1.29 is 4.79 Å². The number of pyridine rings is 1. The van der Waals surface area contributed by atoms with Crippen molar-refractivity contribution in [3.05, 3.63) is 58.8 Å². The van der Waals surface area contributed by atoms with Crippen LogP contribution in [-0.4, -0.2) is 17.1 Å². The number of carbonyl (C=O) groups is 1. The van der Waals surface area contributed by atoms with Crippen LogP contribution >= 0.6 is 11.8 Å². The smallest absolute Gasteiger partial charge is 0.254 e. The Morgan fingerprint density at radius 2 is 2.10 bits per heavy atom. The van der Waals surface area contributed by atoms with Crippen molar-refractivity contribution in [2.45, 2.75) is 25.4 Å². The van der Waals surface area contributed by atoms with Gasteiger partial charge in [0.15, 0.2) is 0 Å². The van der Waals surface area contributed by atoms with Crippen LogP contribution < -0.4 is 5.32 Å². The average molecular weight is 286 g/mol. The van der Waals surface area contributed by atoms with E-state index in [1.54, 1.807) is 18.3 Å². The molecule has 20 heavy (non-hydrogen) atoms. The van der Waals surface area contributed by atoms with Gasteiger partial charge in [-0.1, -0.05) is 23.8 Å². The standard InChI is InChI=1S/C16H18N2OS/c1-11-6-7-13(12(2)9-11)10-18-15(19)14-5-4-8-17-16(14)20-3/h4-9H,10H2,1-3H3,(H,18,19). The lowest BCUT2D eigenvalue weighted by Crippen LogP contribution is -2.24. The fourth-order valence-corrected chi connectivity index (χ4v) is 2.59. The van der Waals surface area contributed by atoms with E-state index in [2.05, 4.69) is 42.3 Å². The molecule has 0 unspecified atom stereocenters. The number of carbonyl (C=O) groups excluding carboxylic acids is 1. The van der Waals surface area contributed by atoms with Gasteiger partial charge in [0, 0.05) is 12.7 Å². The van der Waals surface area contributed by atoms with Gasteiger partial charge in [0.05, 0.1) is 5.56 Å². The number of benzene rings is 1. The second-order valence-corrected chi connectivity index (χ2v) is 5.47. The zero-order valence-electron chi connectivity index (χ0n) is 11.9. The van der Waals surface area contributed by atoms with Gasteiger partial charge in [0.2, 0.25) is 0 Å². The summed E-state index contributed by atoms with van der Waals surface area (Å²) in [5, 5.41) is 3.71. The van der Waals surface area contributed by atoms with Gasteiger partial charge in [-0.15, -0.1) is 11.8 Å². The second kappa shape index (κ2) is 6.57. The third-order valence-electron chi connectivity index (χ3n) is 3.15. The molecule has 4 heteroatoms. The van der Waals surface area contributed by atoms with Crippen molar-refractivity contribution in [2.75, 3.05) is 6.26 Å². The minimum absolute atomic E-state index is 0.0811. The number of nitrogens with zero attached hydrogens (tertiary/aromatic N) is 1. The van der Waals surface area contributed by atoms with E-state index in [1.165, 1.54) is 22.9 Å². The minimum Gasteiger partial charge on any atom is -0.348 e. The van der Waals surface area contributed by atoms with E-state index in [0.717, 1.165) is 10.6 Å². The summed E-state index contributed by atoms with van der Waals surface area (Å²) >= 11 is 1.48. The van der Waals surface area contributed by atoms with E-state index < -0.39 is 0 Å². The van der Waals surface area contributed by atoms with Gasteiger partial charge in [0.25, 0.3) is 5.91 Å². The molecule has 0 atom stereocenters. The van der Waals surface area contributed by atoms with Crippen LogP contribution in [-0.2, 0) is 6.54 Å². The van der Waals surface area contributed by atoms with Crippen molar-refractivity contribution >= 4 is 17.7 Å². The van der Waals surface area contributed by atoms with Gasteiger partial charge in [-0.3, -0.25) is 4.79 Å². The molecule has 2 aromatic rings. The molecule has 0 saturated heterocycles. The zero-order valence-corrected chi connectivity index (χ0v) is 12.8. The lowest BCUT2D eigenvalue weighted by atomic mass is 10.1. The molecule has 1 aromatic heterocycles. The van der Waals surface area contributed by atoms with Crippen LogP contribution in [0.5, 0.6) is 0 Å². The van der Waals surface area contributed by atoms with Crippen molar-refractivity contribution in [1.29, 1.82) is 0 Å². The minimum atomic E-state index is -0.0811. The van der Waals surface area contributed by atoms with Crippen molar-refractivity contribution in [2.24, 2.45) is 0 Å². The number of thioether (sulfide) groups is 1. The first-order valence-corrected chi connectivity index (χ1v) is 7.67. The highest BCUT2D eigenvalue weighted by atomic mass is 32.2. The molecule has 1 heterocycles. The SMILES string of the molecule is CSc1ncccc1C(=O)NCc1ccc(C)cc1C. The van der Waals surface area contributed by atoms with Gasteiger partial charge in [-0.2, -0.15) is 0 Å². The summed E-state index contributed by atoms with van der Waals surface area (Å²) < 4.78 is 0. The molecule has 1 amide bonds. The zero-order chi connectivity index (χ0) is 14.5. The molecule has 0 bridgehead atoms. The predicted molar refractivity (Wildman–Crippen MR) is 83.1 cm³/mol. The van der Waals surface area contributed by atoms with Crippen LogP contribution in [0.15, 0.2) is 41.6 Å². The number of amides is 1. The Balaban J connectivity index is 2.09. The Morgan fingerprint density at radius 1 is 1.30 bits per heavy atom. The topological polar surface area (TPSA) is 42.0 Å². The van der Waals surface area contributed by atoms with Gasteiger partial charge in [-0.25, -0.2) is 4.98 Å². The lowest BCUT2D eigenvalue weighted by Gasteiger charge is -2.10. The average Bonchev–Trinajstić information content (AvgIpc) is 2.46. The van der Waals surface area contributed by atoms with Crippen LogP contribution in [0, 0.1) is 13.8 Å². The van der Waals surface area contributed by atoms with Gasteiger partial charge in [0.1, 0.15) is 5.03 Å². The molecule has 3 nitrogen and oxygen atoms in total. The first-order valence-electron chi connectivity index (χ1n) is 6.45. The molecule has 0 radical (unpaired) electrons. The molecule has 104 valence electrons. The summed E-state index contributed by atoms with van der Waals surface area (Å²) in [6.45, 7) is 4.66. The molecule has 2 rings (SSSR count). The largest absolute Gasteiger partial charge is 0.348 e. The number of rotatable bonds is 4. The van der Waals surface area contributed by atoms with Crippen molar-refractivity contribution in [1.82, 2.24) is 10.3 Å². The third-order valence-corrected chi connectivity index (χ3v) is 3.86.